The number of pyridine rings is 1. The standard InChI is InChI=1S/C17H21N3O2/c1-19(2)13-17(21)20(16-6-4-5-11-18-16)12-14-7-9-15(22-3)10-8-14/h4-11H,12-13H2,1-3H3. The van der Waals surface area contributed by atoms with Gasteiger partial charge in [-0.1, -0.05) is 18.2 Å². The summed E-state index contributed by atoms with van der Waals surface area (Å²) in [7, 11) is 5.39. The fourth-order valence-corrected chi connectivity index (χ4v) is 2.08. The molecule has 22 heavy (non-hydrogen) atoms. The molecule has 2 rings (SSSR count). The van der Waals surface area contributed by atoms with Crippen LogP contribution in [-0.2, 0) is 11.3 Å². The van der Waals surface area contributed by atoms with Crippen molar-refractivity contribution in [2.24, 2.45) is 0 Å². The third-order valence-corrected chi connectivity index (χ3v) is 3.18. The van der Waals surface area contributed by atoms with E-state index in [1.807, 2.05) is 61.5 Å². The zero-order valence-electron chi connectivity index (χ0n) is 13.2. The maximum absolute atomic E-state index is 12.5. The number of carbonyl (C=O) groups is 1. The molecule has 0 saturated heterocycles. The van der Waals surface area contributed by atoms with E-state index in [4.69, 9.17) is 4.74 Å². The van der Waals surface area contributed by atoms with Crippen molar-refractivity contribution < 1.29 is 9.53 Å². The average molecular weight is 299 g/mol. The molecule has 0 unspecified atom stereocenters. The summed E-state index contributed by atoms with van der Waals surface area (Å²) in [6.45, 7) is 0.820. The van der Waals surface area contributed by atoms with Gasteiger partial charge in [0.05, 0.1) is 20.2 Å². The summed E-state index contributed by atoms with van der Waals surface area (Å²) in [4.78, 5) is 20.4. The lowest BCUT2D eigenvalue weighted by Crippen LogP contribution is -2.37. The number of hydrogen-bond donors (Lipinski definition) is 0. The lowest BCUT2D eigenvalue weighted by atomic mass is 10.2. The van der Waals surface area contributed by atoms with Crippen LogP contribution in [0.4, 0.5) is 5.82 Å². The highest BCUT2D eigenvalue weighted by atomic mass is 16.5. The van der Waals surface area contributed by atoms with Gasteiger partial charge in [0, 0.05) is 6.20 Å². The van der Waals surface area contributed by atoms with E-state index in [0.717, 1.165) is 11.3 Å². The number of aromatic nitrogens is 1. The van der Waals surface area contributed by atoms with Crippen molar-refractivity contribution in [1.29, 1.82) is 0 Å². The van der Waals surface area contributed by atoms with E-state index in [1.54, 1.807) is 18.2 Å². The first-order valence-electron chi connectivity index (χ1n) is 7.09. The number of amides is 1. The number of anilines is 1. The Hall–Kier alpha value is -2.40. The van der Waals surface area contributed by atoms with Gasteiger partial charge < -0.3 is 9.64 Å². The van der Waals surface area contributed by atoms with Gasteiger partial charge in [-0.15, -0.1) is 0 Å². The number of hydrogen-bond acceptors (Lipinski definition) is 4. The molecule has 0 bridgehead atoms. The van der Waals surface area contributed by atoms with Gasteiger partial charge in [0.1, 0.15) is 11.6 Å². The lowest BCUT2D eigenvalue weighted by molar-refractivity contribution is -0.119. The van der Waals surface area contributed by atoms with E-state index in [-0.39, 0.29) is 5.91 Å². The highest BCUT2D eigenvalue weighted by molar-refractivity contribution is 5.93. The van der Waals surface area contributed by atoms with Crippen LogP contribution in [0.25, 0.3) is 0 Å². The first kappa shape index (κ1) is 16.0. The molecule has 0 radical (unpaired) electrons. The minimum atomic E-state index is 0.0134. The van der Waals surface area contributed by atoms with E-state index < -0.39 is 0 Å². The van der Waals surface area contributed by atoms with E-state index in [2.05, 4.69) is 4.98 Å². The van der Waals surface area contributed by atoms with Crippen molar-refractivity contribution in [3.63, 3.8) is 0 Å². The summed E-state index contributed by atoms with van der Waals surface area (Å²) < 4.78 is 5.16. The molecule has 2 aromatic rings. The Balaban J connectivity index is 2.22. The number of nitrogens with zero attached hydrogens (tertiary/aromatic N) is 3. The zero-order valence-corrected chi connectivity index (χ0v) is 13.2. The van der Waals surface area contributed by atoms with Gasteiger partial charge in [0.25, 0.3) is 0 Å². The molecule has 116 valence electrons. The van der Waals surface area contributed by atoms with Crippen LogP contribution in [0.1, 0.15) is 5.56 Å². The summed E-state index contributed by atoms with van der Waals surface area (Å²) >= 11 is 0. The van der Waals surface area contributed by atoms with Crippen LogP contribution >= 0.6 is 0 Å². The monoisotopic (exact) mass is 299 g/mol. The summed E-state index contributed by atoms with van der Waals surface area (Å²) in [6, 6.07) is 13.3. The third-order valence-electron chi connectivity index (χ3n) is 3.18. The second-order valence-electron chi connectivity index (χ2n) is 5.25. The molecular formula is C17H21N3O2. The van der Waals surface area contributed by atoms with Crippen molar-refractivity contribution in [1.82, 2.24) is 9.88 Å². The number of likely N-dealkylation sites (N-methyl/N-ethyl adjacent to an activating group) is 1. The fourth-order valence-electron chi connectivity index (χ4n) is 2.08. The zero-order chi connectivity index (χ0) is 15.9. The molecule has 0 aliphatic rings. The molecule has 0 fully saturated rings. The molecule has 5 nitrogen and oxygen atoms in total. The Bertz CT molecular complexity index is 597. The van der Waals surface area contributed by atoms with Crippen LogP contribution in [0.5, 0.6) is 5.75 Å². The highest BCUT2D eigenvalue weighted by Gasteiger charge is 2.17. The highest BCUT2D eigenvalue weighted by Crippen LogP contribution is 2.17. The minimum absolute atomic E-state index is 0.0134. The molecule has 1 amide bonds. The van der Waals surface area contributed by atoms with Gasteiger partial charge in [-0.05, 0) is 43.9 Å². The van der Waals surface area contributed by atoms with Crippen molar-refractivity contribution in [3.8, 4) is 5.75 Å². The molecule has 0 aliphatic carbocycles. The summed E-state index contributed by atoms with van der Waals surface area (Å²) in [5.41, 5.74) is 1.03. The average Bonchev–Trinajstić information content (AvgIpc) is 2.53. The maximum Gasteiger partial charge on any atom is 0.242 e. The largest absolute Gasteiger partial charge is 0.497 e. The van der Waals surface area contributed by atoms with Crippen LogP contribution in [0, 0.1) is 0 Å². The van der Waals surface area contributed by atoms with Gasteiger partial charge in [0.2, 0.25) is 5.91 Å². The van der Waals surface area contributed by atoms with Gasteiger partial charge in [-0.25, -0.2) is 4.98 Å². The molecule has 1 aromatic heterocycles. The predicted molar refractivity (Wildman–Crippen MR) is 87.0 cm³/mol. The summed E-state index contributed by atoms with van der Waals surface area (Å²) in [5.74, 6) is 1.47. The number of rotatable bonds is 6. The summed E-state index contributed by atoms with van der Waals surface area (Å²) in [6.07, 6.45) is 1.69. The van der Waals surface area contributed by atoms with Crippen molar-refractivity contribution in [2.45, 2.75) is 6.54 Å². The molecule has 1 aromatic carbocycles. The van der Waals surface area contributed by atoms with Crippen molar-refractivity contribution in [3.05, 3.63) is 54.2 Å². The van der Waals surface area contributed by atoms with Crippen LogP contribution < -0.4 is 9.64 Å². The second kappa shape index (κ2) is 7.56. The van der Waals surface area contributed by atoms with Crippen LogP contribution in [0.2, 0.25) is 0 Å². The van der Waals surface area contributed by atoms with E-state index in [1.165, 1.54) is 0 Å². The van der Waals surface area contributed by atoms with Gasteiger partial charge >= 0.3 is 0 Å². The van der Waals surface area contributed by atoms with Gasteiger partial charge in [-0.2, -0.15) is 0 Å². The van der Waals surface area contributed by atoms with Crippen LogP contribution in [0.15, 0.2) is 48.7 Å². The van der Waals surface area contributed by atoms with Gasteiger partial charge in [-0.3, -0.25) is 9.69 Å². The van der Waals surface area contributed by atoms with Crippen LogP contribution in [-0.4, -0.2) is 43.5 Å². The first-order valence-corrected chi connectivity index (χ1v) is 7.09. The second-order valence-corrected chi connectivity index (χ2v) is 5.25. The number of methoxy groups -OCH3 is 1. The third kappa shape index (κ3) is 4.30. The minimum Gasteiger partial charge on any atom is -0.497 e. The number of ether oxygens (including phenoxy) is 1. The predicted octanol–water partition coefficient (Wildman–Crippen LogP) is 2.19. The van der Waals surface area contributed by atoms with E-state index in [9.17, 15) is 4.79 Å². The van der Waals surface area contributed by atoms with Crippen molar-refractivity contribution >= 4 is 11.7 Å². The quantitative estimate of drug-likeness (QED) is 0.820. The Kier molecular flexibility index (Phi) is 5.49. The Morgan fingerprint density at radius 3 is 2.41 bits per heavy atom. The Morgan fingerprint density at radius 2 is 1.86 bits per heavy atom. The normalized spacial score (nSPS) is 10.5. The number of benzene rings is 1. The topological polar surface area (TPSA) is 45.7 Å². The molecule has 0 atom stereocenters. The van der Waals surface area contributed by atoms with E-state index >= 15 is 0 Å². The van der Waals surface area contributed by atoms with Gasteiger partial charge in [0.15, 0.2) is 0 Å². The van der Waals surface area contributed by atoms with Crippen LogP contribution in [0.3, 0.4) is 0 Å². The smallest absolute Gasteiger partial charge is 0.242 e. The molecule has 0 N–H and O–H groups in total. The first-order chi connectivity index (χ1) is 10.6. The molecule has 0 saturated carbocycles. The Morgan fingerprint density at radius 1 is 1.14 bits per heavy atom. The Labute approximate surface area is 131 Å². The summed E-state index contributed by atoms with van der Waals surface area (Å²) in [5, 5.41) is 0. The van der Waals surface area contributed by atoms with Crippen molar-refractivity contribution in [2.75, 3.05) is 32.6 Å². The lowest BCUT2D eigenvalue weighted by Gasteiger charge is -2.23. The fraction of sp³-hybridized carbons (Fsp3) is 0.294. The van der Waals surface area contributed by atoms with E-state index in [0.29, 0.717) is 18.9 Å². The molecule has 0 aliphatic heterocycles. The molecular weight excluding hydrogens is 278 g/mol. The SMILES string of the molecule is COc1ccc(CN(C(=O)CN(C)C)c2ccccn2)cc1. The molecule has 0 spiro atoms. The number of carbonyl (C=O) groups excluding carboxylic acids is 1. The maximum atomic E-state index is 12.5. The molecule has 5 heteroatoms. The molecule has 1 heterocycles.